The van der Waals surface area contributed by atoms with Gasteiger partial charge in [-0.2, -0.15) is 0 Å². The van der Waals surface area contributed by atoms with Crippen LogP contribution in [0.2, 0.25) is 0 Å². The summed E-state index contributed by atoms with van der Waals surface area (Å²) in [6.45, 7) is 0.0943. The summed E-state index contributed by atoms with van der Waals surface area (Å²) < 4.78 is 64.4. The van der Waals surface area contributed by atoms with Gasteiger partial charge in [0.25, 0.3) is 0 Å². The smallest absolute Gasteiger partial charge is 0.224 e. The molecule has 2 aromatic carbocycles. The number of Topliss-reactive ketones (excluding diaryl/α,β-unsaturated/α-hetero) is 1. The van der Waals surface area contributed by atoms with Crippen molar-refractivity contribution in [3.63, 3.8) is 0 Å². The predicted molar refractivity (Wildman–Crippen MR) is 116 cm³/mol. The van der Waals surface area contributed by atoms with Crippen LogP contribution in [-0.4, -0.2) is 22.1 Å². The Labute approximate surface area is 191 Å². The summed E-state index contributed by atoms with van der Waals surface area (Å²) in [7, 11) is 0. The molecule has 162 valence electrons. The maximum atomic E-state index is 15.1. The van der Waals surface area contributed by atoms with Crippen LogP contribution < -0.4 is 10.4 Å². The Morgan fingerprint density at radius 3 is 2.69 bits per heavy atom. The minimum Gasteiger partial charge on any atom is -0.503 e. The number of carbonyl (C=O) groups is 1. The maximum absolute atomic E-state index is 15.1. The van der Waals surface area contributed by atoms with Crippen molar-refractivity contribution in [2.45, 2.75) is 29.5 Å². The standard InChI is InChI=1S/C24H18F2N2O3S/c25-16-6-5-13-15(19(16)26)11-32-18-4-2-1-3-14(18)20(13)28-12-24(8-9-24)23(31)21-22(30)17(29)7-10-27(21)28/h1-7,10,20,30H,8-9,11-12H2/t20-/m0/s1/i1D,2D,3D,4D. The summed E-state index contributed by atoms with van der Waals surface area (Å²) in [5.41, 5.74) is -1.42. The van der Waals surface area contributed by atoms with Gasteiger partial charge in [-0.3, -0.25) is 19.3 Å². The molecule has 0 amide bonds. The molecule has 1 N–H and O–H groups in total. The Bertz CT molecular complexity index is 1570. The molecule has 0 saturated heterocycles. The SMILES string of the molecule is [2H]c1c([2H])c([2H])c2c(c1[2H])SCc1c(ccc(F)c1F)[C@@H]2N1CC2(CC2)C(=O)c2c(O)c(=O)ccn21. The highest BCUT2D eigenvalue weighted by Gasteiger charge is 2.56. The molecular weight excluding hydrogens is 434 g/mol. The van der Waals surface area contributed by atoms with Crippen LogP contribution >= 0.6 is 11.8 Å². The summed E-state index contributed by atoms with van der Waals surface area (Å²) >= 11 is 0.990. The first-order chi connectivity index (χ1) is 17.1. The van der Waals surface area contributed by atoms with Gasteiger partial charge < -0.3 is 5.11 Å². The summed E-state index contributed by atoms with van der Waals surface area (Å²) in [5, 5.41) is 12.2. The molecule has 1 saturated carbocycles. The van der Waals surface area contributed by atoms with E-state index in [0.29, 0.717) is 12.8 Å². The molecule has 1 atom stereocenters. The summed E-state index contributed by atoms with van der Waals surface area (Å²) in [5.74, 6) is -3.33. The van der Waals surface area contributed by atoms with E-state index in [0.717, 1.165) is 23.9 Å². The van der Waals surface area contributed by atoms with Crippen LogP contribution in [0.5, 0.6) is 5.75 Å². The highest BCUT2D eigenvalue weighted by molar-refractivity contribution is 7.98. The molecule has 3 heterocycles. The van der Waals surface area contributed by atoms with E-state index in [2.05, 4.69) is 0 Å². The van der Waals surface area contributed by atoms with Crippen LogP contribution in [0.3, 0.4) is 0 Å². The number of aromatic nitrogens is 1. The Hall–Kier alpha value is -3.13. The summed E-state index contributed by atoms with van der Waals surface area (Å²) in [4.78, 5) is 25.7. The molecule has 1 fully saturated rings. The number of rotatable bonds is 1. The van der Waals surface area contributed by atoms with Crippen LogP contribution in [0, 0.1) is 17.0 Å². The third kappa shape index (κ3) is 2.62. The molecule has 0 unspecified atom stereocenters. The Kier molecular flexibility index (Phi) is 3.27. The van der Waals surface area contributed by atoms with Crippen LogP contribution in [0.25, 0.3) is 0 Å². The van der Waals surface area contributed by atoms with Gasteiger partial charge in [0.05, 0.1) is 16.9 Å². The van der Waals surface area contributed by atoms with E-state index in [9.17, 15) is 19.1 Å². The fourth-order valence-electron chi connectivity index (χ4n) is 4.64. The number of thioether (sulfide) groups is 1. The first-order valence-corrected chi connectivity index (χ1v) is 11.0. The zero-order valence-corrected chi connectivity index (χ0v) is 17.4. The summed E-state index contributed by atoms with van der Waals surface area (Å²) in [6, 6.07) is 0.809. The van der Waals surface area contributed by atoms with Gasteiger partial charge in [0.15, 0.2) is 28.9 Å². The Balaban J connectivity index is 1.72. The number of pyridine rings is 1. The number of halogens is 2. The van der Waals surface area contributed by atoms with Crippen molar-refractivity contribution in [1.82, 2.24) is 4.68 Å². The number of benzene rings is 2. The van der Waals surface area contributed by atoms with Crippen LogP contribution in [0.1, 0.15) is 51.5 Å². The number of hydrogen-bond donors (Lipinski definition) is 1. The van der Waals surface area contributed by atoms with Crippen molar-refractivity contribution >= 4 is 17.5 Å². The monoisotopic (exact) mass is 456 g/mol. The lowest BCUT2D eigenvalue weighted by molar-refractivity contribution is 0.0856. The van der Waals surface area contributed by atoms with Gasteiger partial charge in [0, 0.05) is 35.0 Å². The molecule has 8 heteroatoms. The van der Waals surface area contributed by atoms with Crippen molar-refractivity contribution in [3.8, 4) is 5.75 Å². The first-order valence-electron chi connectivity index (χ1n) is 12.0. The van der Waals surface area contributed by atoms with E-state index < -0.39 is 52.1 Å². The zero-order chi connectivity index (χ0) is 25.7. The van der Waals surface area contributed by atoms with E-state index in [4.69, 9.17) is 5.48 Å². The molecule has 6 rings (SSSR count). The summed E-state index contributed by atoms with van der Waals surface area (Å²) in [6.07, 6.45) is 2.31. The number of fused-ring (bicyclic) bond motifs is 3. The largest absolute Gasteiger partial charge is 0.503 e. The molecule has 32 heavy (non-hydrogen) atoms. The maximum Gasteiger partial charge on any atom is 0.224 e. The average molecular weight is 457 g/mol. The number of ketones is 1. The molecule has 1 spiro atoms. The minimum absolute atomic E-state index is 0.00613. The van der Waals surface area contributed by atoms with E-state index in [-0.39, 0.29) is 51.7 Å². The van der Waals surface area contributed by atoms with Crippen molar-refractivity contribution in [2.24, 2.45) is 5.41 Å². The van der Waals surface area contributed by atoms with Gasteiger partial charge in [-0.15, -0.1) is 11.8 Å². The van der Waals surface area contributed by atoms with E-state index in [1.807, 2.05) is 0 Å². The predicted octanol–water partition coefficient (Wildman–Crippen LogP) is 4.14. The lowest BCUT2D eigenvalue weighted by Crippen LogP contribution is -2.51. The van der Waals surface area contributed by atoms with Gasteiger partial charge in [-0.05, 0) is 36.1 Å². The van der Waals surface area contributed by atoms with Gasteiger partial charge in [0.2, 0.25) is 5.43 Å². The molecule has 1 aromatic heterocycles. The second kappa shape index (κ2) is 6.68. The second-order valence-electron chi connectivity index (χ2n) is 8.29. The molecule has 2 aliphatic heterocycles. The van der Waals surface area contributed by atoms with Gasteiger partial charge >= 0.3 is 0 Å². The van der Waals surface area contributed by atoms with Crippen molar-refractivity contribution in [1.29, 1.82) is 0 Å². The number of carbonyl (C=O) groups excluding carboxylic acids is 1. The quantitative estimate of drug-likeness (QED) is 0.596. The topological polar surface area (TPSA) is 62.5 Å². The van der Waals surface area contributed by atoms with Crippen LogP contribution in [0.15, 0.2) is 58.3 Å². The van der Waals surface area contributed by atoms with Crippen molar-refractivity contribution < 1.29 is 24.2 Å². The number of hydrogen-bond acceptors (Lipinski definition) is 5. The molecule has 3 aliphatic rings. The van der Waals surface area contributed by atoms with Crippen molar-refractivity contribution in [2.75, 3.05) is 11.6 Å². The van der Waals surface area contributed by atoms with E-state index >= 15 is 4.39 Å². The lowest BCUT2D eigenvalue weighted by Gasteiger charge is -2.43. The third-order valence-electron chi connectivity index (χ3n) is 6.49. The van der Waals surface area contributed by atoms with E-state index in [1.54, 1.807) is 5.01 Å². The average Bonchev–Trinajstić information content (AvgIpc) is 3.65. The fourth-order valence-corrected chi connectivity index (χ4v) is 5.66. The molecule has 0 radical (unpaired) electrons. The number of nitrogens with zero attached hydrogens (tertiary/aromatic N) is 2. The third-order valence-corrected chi connectivity index (χ3v) is 7.53. The van der Waals surface area contributed by atoms with Gasteiger partial charge in [-0.1, -0.05) is 24.2 Å². The Morgan fingerprint density at radius 1 is 1.12 bits per heavy atom. The lowest BCUT2D eigenvalue weighted by atomic mass is 9.89. The fraction of sp³-hybridized carbons (Fsp3) is 0.250. The van der Waals surface area contributed by atoms with E-state index in [1.165, 1.54) is 16.9 Å². The van der Waals surface area contributed by atoms with Crippen molar-refractivity contribution in [3.05, 3.63) is 92.8 Å². The van der Waals surface area contributed by atoms with Crippen LogP contribution in [0.4, 0.5) is 8.78 Å². The highest BCUT2D eigenvalue weighted by atomic mass is 32.2. The molecule has 5 nitrogen and oxygen atoms in total. The second-order valence-corrected chi connectivity index (χ2v) is 9.28. The molecule has 3 aromatic rings. The van der Waals surface area contributed by atoms with Gasteiger partial charge in [0.1, 0.15) is 0 Å². The molecular formula is C24H18F2N2O3S. The number of aromatic hydroxyl groups is 1. The normalized spacial score (nSPS) is 22.1. The van der Waals surface area contributed by atoms with Gasteiger partial charge in [-0.25, -0.2) is 8.78 Å². The minimum atomic E-state index is -1.08. The molecule has 1 aliphatic carbocycles. The molecule has 0 bridgehead atoms. The van der Waals surface area contributed by atoms with Crippen LogP contribution in [-0.2, 0) is 5.75 Å². The highest BCUT2D eigenvalue weighted by Crippen LogP contribution is 2.54. The first kappa shape index (κ1) is 15.6. The zero-order valence-electron chi connectivity index (χ0n) is 20.5. The Morgan fingerprint density at radius 2 is 1.91 bits per heavy atom.